The number of nitrogens with zero attached hydrogens (tertiary/aromatic N) is 1. The minimum absolute atomic E-state index is 0. The second-order valence-electron chi connectivity index (χ2n) is 4.39. The summed E-state index contributed by atoms with van der Waals surface area (Å²) < 4.78 is 7.11. The van der Waals surface area contributed by atoms with Gasteiger partial charge in [0.25, 0.3) is 0 Å². The zero-order valence-electron chi connectivity index (χ0n) is 10.2. The van der Waals surface area contributed by atoms with E-state index in [1.807, 2.05) is 31.5 Å². The largest absolute Gasteiger partial charge is 0.462 e. The molecular formula is C11H19ClNO2Si+. The van der Waals surface area contributed by atoms with Crippen molar-refractivity contribution in [2.75, 3.05) is 6.61 Å². The number of aromatic nitrogens is 1. The van der Waals surface area contributed by atoms with E-state index in [0.717, 1.165) is 0 Å². The van der Waals surface area contributed by atoms with Crippen molar-refractivity contribution in [1.82, 2.24) is 0 Å². The second kappa shape index (κ2) is 6.01. The van der Waals surface area contributed by atoms with Gasteiger partial charge >= 0.3 is 14.2 Å². The molecule has 1 aromatic heterocycles. The molecule has 0 aromatic carbocycles. The third-order valence-corrected chi connectivity index (χ3v) is 3.96. The molecule has 0 saturated carbocycles. The van der Waals surface area contributed by atoms with Crippen LogP contribution >= 0.6 is 12.4 Å². The van der Waals surface area contributed by atoms with Gasteiger partial charge in [-0.25, -0.2) is 4.79 Å². The van der Waals surface area contributed by atoms with Gasteiger partial charge in [-0.05, 0) is 26.6 Å². The van der Waals surface area contributed by atoms with Gasteiger partial charge in [-0.1, -0.05) is 0 Å². The molecule has 1 aromatic rings. The van der Waals surface area contributed by atoms with Crippen LogP contribution in [0.2, 0.25) is 19.6 Å². The SMILES string of the molecule is CCOC(=O)c1cc[n+]([Si](C)(C)C)cc1.Cl. The Bertz CT molecular complexity index is 346. The first-order chi connectivity index (χ1) is 6.95. The Hall–Kier alpha value is -0.873. The summed E-state index contributed by atoms with van der Waals surface area (Å²) in [6, 6.07) is 3.63. The number of ether oxygens (including phenoxy) is 1. The van der Waals surface area contributed by atoms with Crippen LogP contribution in [0.1, 0.15) is 17.3 Å². The zero-order valence-corrected chi connectivity index (χ0v) is 12.0. The summed E-state index contributed by atoms with van der Waals surface area (Å²) in [4.78, 5) is 11.4. The van der Waals surface area contributed by atoms with Crippen LogP contribution in [0.5, 0.6) is 0 Å². The van der Waals surface area contributed by atoms with Crippen molar-refractivity contribution in [3.63, 3.8) is 0 Å². The van der Waals surface area contributed by atoms with Gasteiger partial charge in [0.15, 0.2) is 0 Å². The van der Waals surface area contributed by atoms with Crippen molar-refractivity contribution < 1.29 is 13.8 Å². The molecule has 0 aliphatic rings. The van der Waals surface area contributed by atoms with E-state index in [2.05, 4.69) is 23.9 Å². The van der Waals surface area contributed by atoms with E-state index in [4.69, 9.17) is 4.74 Å². The molecule has 1 heterocycles. The maximum atomic E-state index is 11.4. The summed E-state index contributed by atoms with van der Waals surface area (Å²) in [7, 11) is -1.34. The molecule has 5 heteroatoms. The van der Waals surface area contributed by atoms with Crippen molar-refractivity contribution in [3.8, 4) is 0 Å². The van der Waals surface area contributed by atoms with Gasteiger partial charge in [-0.2, -0.15) is 0 Å². The first-order valence-electron chi connectivity index (χ1n) is 5.14. The highest BCUT2D eigenvalue weighted by atomic mass is 35.5. The van der Waals surface area contributed by atoms with Gasteiger partial charge in [0.05, 0.1) is 12.2 Å². The fourth-order valence-corrected chi connectivity index (χ4v) is 2.27. The summed E-state index contributed by atoms with van der Waals surface area (Å²) in [6.45, 7) is 8.97. The first-order valence-corrected chi connectivity index (χ1v) is 8.59. The van der Waals surface area contributed by atoms with E-state index >= 15 is 0 Å². The number of halogens is 1. The molecule has 90 valence electrons. The number of carbonyl (C=O) groups excluding carboxylic acids is 1. The van der Waals surface area contributed by atoms with Crippen LogP contribution in [0, 0.1) is 0 Å². The first kappa shape index (κ1) is 15.1. The molecule has 0 bridgehead atoms. The third-order valence-electron chi connectivity index (χ3n) is 2.12. The van der Waals surface area contributed by atoms with Gasteiger partial charge in [0, 0.05) is 12.1 Å². The number of pyridine rings is 1. The van der Waals surface area contributed by atoms with Crippen LogP contribution in [-0.2, 0) is 4.74 Å². The summed E-state index contributed by atoms with van der Waals surface area (Å²) in [6.07, 6.45) is 3.91. The average molecular weight is 261 g/mol. The summed E-state index contributed by atoms with van der Waals surface area (Å²) in [5.41, 5.74) is 0.617. The normalized spacial score (nSPS) is 10.5. The van der Waals surface area contributed by atoms with Crippen molar-refractivity contribution in [3.05, 3.63) is 30.1 Å². The number of rotatable bonds is 3. The number of carbonyl (C=O) groups is 1. The number of hydrogen-bond acceptors (Lipinski definition) is 2. The fraction of sp³-hybridized carbons (Fsp3) is 0.455. The van der Waals surface area contributed by atoms with Crippen molar-refractivity contribution in [1.29, 1.82) is 0 Å². The molecule has 0 amide bonds. The summed E-state index contributed by atoms with van der Waals surface area (Å²) in [5, 5.41) is 0. The van der Waals surface area contributed by atoms with Crippen LogP contribution in [0.25, 0.3) is 0 Å². The molecule has 1 rings (SSSR count). The van der Waals surface area contributed by atoms with Crippen molar-refractivity contribution >= 4 is 26.6 Å². The molecular weight excluding hydrogens is 242 g/mol. The Labute approximate surface area is 104 Å². The average Bonchev–Trinajstić information content (AvgIpc) is 2.17. The Kier molecular flexibility index (Phi) is 5.68. The maximum Gasteiger partial charge on any atom is 0.354 e. The lowest BCUT2D eigenvalue weighted by Gasteiger charge is -2.09. The predicted molar refractivity (Wildman–Crippen MR) is 68.6 cm³/mol. The van der Waals surface area contributed by atoms with Gasteiger partial charge in [-0.3, -0.25) is 4.23 Å². The van der Waals surface area contributed by atoms with E-state index < -0.39 is 8.24 Å². The summed E-state index contributed by atoms with van der Waals surface area (Å²) >= 11 is 0. The molecule has 3 nitrogen and oxygen atoms in total. The van der Waals surface area contributed by atoms with Crippen LogP contribution in [-0.4, -0.2) is 20.8 Å². The lowest BCUT2D eigenvalue weighted by molar-refractivity contribution is -0.545. The molecule has 0 fully saturated rings. The van der Waals surface area contributed by atoms with Gasteiger partial charge in [-0.15, -0.1) is 12.4 Å². The lowest BCUT2D eigenvalue weighted by Crippen LogP contribution is -2.57. The molecule has 0 aliphatic carbocycles. The van der Waals surface area contributed by atoms with Crippen molar-refractivity contribution in [2.24, 2.45) is 0 Å². The minimum atomic E-state index is -1.34. The molecule has 0 saturated heterocycles. The fourth-order valence-electron chi connectivity index (χ4n) is 1.22. The highest BCUT2D eigenvalue weighted by Gasteiger charge is 2.27. The highest BCUT2D eigenvalue weighted by Crippen LogP contribution is 2.01. The maximum absolute atomic E-state index is 11.4. The minimum Gasteiger partial charge on any atom is -0.462 e. The van der Waals surface area contributed by atoms with E-state index in [9.17, 15) is 4.79 Å². The second-order valence-corrected chi connectivity index (χ2v) is 9.24. The molecule has 0 unspecified atom stereocenters. The van der Waals surface area contributed by atoms with E-state index in [-0.39, 0.29) is 18.4 Å². The van der Waals surface area contributed by atoms with Crippen LogP contribution in [0.15, 0.2) is 24.5 Å². The monoisotopic (exact) mass is 260 g/mol. The molecule has 0 spiro atoms. The molecule has 0 N–H and O–H groups in total. The number of hydrogen-bond donors (Lipinski definition) is 0. The van der Waals surface area contributed by atoms with Crippen LogP contribution < -0.4 is 4.23 Å². The van der Waals surface area contributed by atoms with Gasteiger partial charge in [0.2, 0.25) is 0 Å². The van der Waals surface area contributed by atoms with Gasteiger partial charge < -0.3 is 4.74 Å². The summed E-state index contributed by atoms with van der Waals surface area (Å²) in [5.74, 6) is -0.250. The zero-order chi connectivity index (χ0) is 11.5. The Balaban J connectivity index is 0.00000225. The van der Waals surface area contributed by atoms with E-state index in [0.29, 0.717) is 12.2 Å². The predicted octanol–water partition coefficient (Wildman–Crippen LogP) is 2.26. The molecule has 0 radical (unpaired) electrons. The Morgan fingerprint density at radius 1 is 1.31 bits per heavy atom. The lowest BCUT2D eigenvalue weighted by atomic mass is 10.3. The van der Waals surface area contributed by atoms with Crippen molar-refractivity contribution in [2.45, 2.75) is 26.6 Å². The number of esters is 1. The van der Waals surface area contributed by atoms with E-state index in [1.54, 1.807) is 0 Å². The molecule has 16 heavy (non-hydrogen) atoms. The molecule has 0 atom stereocenters. The third kappa shape index (κ3) is 3.94. The Morgan fingerprint density at radius 3 is 2.19 bits per heavy atom. The smallest absolute Gasteiger partial charge is 0.354 e. The standard InChI is InChI=1S/C11H18NO2Si.ClH/c1-5-14-11(13)10-6-8-12(9-7-10)15(2,3)4;/h6-9H,5H2,1-4H3;1H/q+1;. The van der Waals surface area contributed by atoms with Crippen LogP contribution in [0.3, 0.4) is 0 Å². The highest BCUT2D eigenvalue weighted by molar-refractivity contribution is 6.67. The Morgan fingerprint density at radius 2 is 1.81 bits per heavy atom. The quantitative estimate of drug-likeness (QED) is 0.617. The van der Waals surface area contributed by atoms with Crippen LogP contribution in [0.4, 0.5) is 0 Å². The topological polar surface area (TPSA) is 30.2 Å². The van der Waals surface area contributed by atoms with Gasteiger partial charge in [0.1, 0.15) is 12.4 Å². The van der Waals surface area contributed by atoms with E-state index in [1.165, 1.54) is 0 Å². The molecule has 0 aliphatic heterocycles.